The average Bonchev–Trinajstić information content (AvgIpc) is 3.48. The summed E-state index contributed by atoms with van der Waals surface area (Å²) in [6, 6.07) is 15.5. The molecule has 0 aliphatic carbocycles. The van der Waals surface area contributed by atoms with E-state index in [1.54, 1.807) is 16.7 Å². The summed E-state index contributed by atoms with van der Waals surface area (Å²) >= 11 is 0. The summed E-state index contributed by atoms with van der Waals surface area (Å²) in [6.45, 7) is 3.57. The highest BCUT2D eigenvalue weighted by Crippen LogP contribution is 2.37. The number of carboxylic acid groups (broad SMARTS) is 1. The van der Waals surface area contributed by atoms with E-state index >= 15 is 0 Å². The number of para-hydroxylation sites is 1. The number of benzene rings is 2. The van der Waals surface area contributed by atoms with Crippen molar-refractivity contribution in [1.82, 2.24) is 19.5 Å². The average molecular weight is 472 g/mol. The number of imidazole rings is 1. The van der Waals surface area contributed by atoms with Gasteiger partial charge in [0, 0.05) is 44.1 Å². The molecule has 10 heteroatoms. The Morgan fingerprint density at radius 1 is 0.914 bits per heavy atom. The number of carboxylic acids is 1. The third kappa shape index (κ3) is 3.86. The van der Waals surface area contributed by atoms with Crippen molar-refractivity contribution in [2.45, 2.75) is 13.0 Å². The second-order valence-corrected chi connectivity index (χ2v) is 8.81. The second kappa shape index (κ2) is 8.46. The molecule has 4 aromatic rings. The largest absolute Gasteiger partial charge is 0.508 e. The van der Waals surface area contributed by atoms with E-state index in [9.17, 15) is 15.0 Å². The molecule has 0 atom stereocenters. The molecule has 35 heavy (non-hydrogen) atoms. The maximum atomic E-state index is 11.5. The summed E-state index contributed by atoms with van der Waals surface area (Å²) in [4.78, 5) is 32.3. The third-order valence-corrected chi connectivity index (χ3v) is 6.66. The van der Waals surface area contributed by atoms with Crippen LogP contribution < -0.4 is 14.7 Å². The number of aliphatic carboxylic acids is 1. The second-order valence-electron chi connectivity index (χ2n) is 8.81. The number of piperazine rings is 1. The van der Waals surface area contributed by atoms with Crippen molar-refractivity contribution in [3.63, 3.8) is 0 Å². The van der Waals surface area contributed by atoms with Gasteiger partial charge in [-0.2, -0.15) is 9.97 Å². The van der Waals surface area contributed by atoms with Crippen molar-refractivity contribution < 1.29 is 15.0 Å². The lowest BCUT2D eigenvalue weighted by Gasteiger charge is -2.36. The molecule has 4 heterocycles. The SMILES string of the molecule is O=C(O)Cn1cnc2c(N3CCc4ccccc43)nc(N3CCN(c4ccc(O)cc4)CC3)nc21. The fraction of sp³-hybridized carbons (Fsp3) is 0.280. The van der Waals surface area contributed by atoms with Crippen LogP contribution in [0.3, 0.4) is 0 Å². The fourth-order valence-corrected chi connectivity index (χ4v) is 4.90. The zero-order valence-electron chi connectivity index (χ0n) is 19.1. The van der Waals surface area contributed by atoms with E-state index in [2.05, 4.69) is 31.8 Å². The highest BCUT2D eigenvalue weighted by molar-refractivity contribution is 5.89. The minimum absolute atomic E-state index is 0.211. The monoisotopic (exact) mass is 471 g/mol. The molecular formula is C25H25N7O3. The van der Waals surface area contributed by atoms with Gasteiger partial charge in [0.2, 0.25) is 5.95 Å². The molecule has 0 radical (unpaired) electrons. The maximum absolute atomic E-state index is 11.5. The number of phenolic OH excluding ortho intramolecular Hbond substituents is 1. The summed E-state index contributed by atoms with van der Waals surface area (Å²) in [5.74, 6) is 0.595. The van der Waals surface area contributed by atoms with Gasteiger partial charge >= 0.3 is 5.97 Å². The molecule has 2 N–H and O–H groups in total. The number of carbonyl (C=O) groups is 1. The first-order valence-electron chi connectivity index (χ1n) is 11.7. The number of fused-ring (bicyclic) bond motifs is 2. The van der Waals surface area contributed by atoms with E-state index in [1.807, 2.05) is 24.3 Å². The van der Waals surface area contributed by atoms with Crippen molar-refractivity contribution >= 4 is 40.3 Å². The Morgan fingerprint density at radius 2 is 1.66 bits per heavy atom. The summed E-state index contributed by atoms with van der Waals surface area (Å²) in [6.07, 6.45) is 2.45. The first kappa shape index (κ1) is 21.2. The van der Waals surface area contributed by atoms with Gasteiger partial charge in [0.05, 0.1) is 6.33 Å². The molecule has 178 valence electrons. The highest BCUT2D eigenvalue weighted by atomic mass is 16.4. The molecule has 0 unspecified atom stereocenters. The molecular weight excluding hydrogens is 446 g/mol. The van der Waals surface area contributed by atoms with Gasteiger partial charge < -0.3 is 29.5 Å². The molecule has 2 aliphatic rings. The summed E-state index contributed by atoms with van der Waals surface area (Å²) in [5.41, 5.74) is 4.55. The molecule has 2 aliphatic heterocycles. The van der Waals surface area contributed by atoms with Gasteiger partial charge in [-0.25, -0.2) is 4.98 Å². The number of nitrogens with zero attached hydrogens (tertiary/aromatic N) is 7. The van der Waals surface area contributed by atoms with Crippen LogP contribution in [0.25, 0.3) is 11.2 Å². The number of phenols is 1. The lowest BCUT2D eigenvalue weighted by atomic mass is 10.2. The Morgan fingerprint density at radius 3 is 2.43 bits per heavy atom. The van der Waals surface area contributed by atoms with Crippen LogP contribution in [0.1, 0.15) is 5.56 Å². The maximum Gasteiger partial charge on any atom is 0.323 e. The standard InChI is InChI=1S/C25H25N7O3/c33-19-7-5-18(6-8-19)29-11-13-30(14-12-29)25-27-23-22(26-16-31(23)15-21(34)35)24(28-25)32-10-9-17-3-1-2-4-20(17)32/h1-8,16,33H,9-15H2,(H,34,35). The van der Waals surface area contributed by atoms with Crippen LogP contribution >= 0.6 is 0 Å². The van der Waals surface area contributed by atoms with Crippen LogP contribution in [0.2, 0.25) is 0 Å². The van der Waals surface area contributed by atoms with Crippen LogP contribution in [-0.4, -0.2) is 68.4 Å². The molecule has 0 bridgehead atoms. The zero-order valence-corrected chi connectivity index (χ0v) is 19.1. The number of rotatable bonds is 5. The topological polar surface area (TPSA) is 111 Å². The van der Waals surface area contributed by atoms with E-state index in [-0.39, 0.29) is 12.3 Å². The van der Waals surface area contributed by atoms with Gasteiger partial charge in [-0.05, 0) is 42.3 Å². The lowest BCUT2D eigenvalue weighted by Crippen LogP contribution is -2.47. The van der Waals surface area contributed by atoms with Gasteiger partial charge in [0.1, 0.15) is 12.3 Å². The first-order valence-corrected chi connectivity index (χ1v) is 11.7. The quantitative estimate of drug-likeness (QED) is 0.454. The fourth-order valence-electron chi connectivity index (χ4n) is 4.90. The number of hydrogen-bond donors (Lipinski definition) is 2. The third-order valence-electron chi connectivity index (χ3n) is 6.66. The van der Waals surface area contributed by atoms with E-state index < -0.39 is 5.97 Å². The summed E-state index contributed by atoms with van der Waals surface area (Å²) in [5, 5.41) is 19.0. The molecule has 2 aromatic carbocycles. The van der Waals surface area contributed by atoms with Crippen LogP contribution in [0, 0.1) is 0 Å². The number of anilines is 4. The molecule has 0 spiro atoms. The van der Waals surface area contributed by atoms with Gasteiger partial charge in [-0.3, -0.25) is 4.79 Å². The van der Waals surface area contributed by atoms with Gasteiger partial charge in [-0.1, -0.05) is 18.2 Å². The smallest absolute Gasteiger partial charge is 0.323 e. The zero-order chi connectivity index (χ0) is 23.9. The van der Waals surface area contributed by atoms with Crippen LogP contribution in [-0.2, 0) is 17.8 Å². The molecule has 2 aromatic heterocycles. The highest BCUT2D eigenvalue weighted by Gasteiger charge is 2.28. The minimum Gasteiger partial charge on any atom is -0.508 e. The normalized spacial score (nSPS) is 15.6. The van der Waals surface area contributed by atoms with E-state index in [1.165, 1.54) is 11.9 Å². The summed E-state index contributed by atoms with van der Waals surface area (Å²) in [7, 11) is 0. The van der Waals surface area contributed by atoms with Crippen molar-refractivity contribution in [2.75, 3.05) is 47.4 Å². The molecule has 0 saturated carbocycles. The Kier molecular flexibility index (Phi) is 5.13. The van der Waals surface area contributed by atoms with Crippen LogP contribution in [0.4, 0.5) is 23.1 Å². The van der Waals surface area contributed by atoms with Gasteiger partial charge in [0.25, 0.3) is 0 Å². The molecule has 10 nitrogen and oxygen atoms in total. The molecule has 1 fully saturated rings. The predicted molar refractivity (Wildman–Crippen MR) is 133 cm³/mol. The van der Waals surface area contributed by atoms with E-state index in [0.29, 0.717) is 22.9 Å². The summed E-state index contributed by atoms with van der Waals surface area (Å²) < 4.78 is 1.57. The minimum atomic E-state index is -0.944. The molecule has 0 amide bonds. The lowest BCUT2D eigenvalue weighted by molar-refractivity contribution is -0.137. The van der Waals surface area contributed by atoms with Crippen molar-refractivity contribution in [3.8, 4) is 5.75 Å². The number of aromatic hydroxyl groups is 1. The Balaban J connectivity index is 1.35. The van der Waals surface area contributed by atoms with Crippen LogP contribution in [0.5, 0.6) is 5.75 Å². The number of aromatic nitrogens is 4. The van der Waals surface area contributed by atoms with Gasteiger partial charge in [0.15, 0.2) is 17.0 Å². The molecule has 6 rings (SSSR count). The molecule has 1 saturated heterocycles. The van der Waals surface area contributed by atoms with E-state index in [0.717, 1.165) is 50.5 Å². The Hall–Kier alpha value is -4.34. The van der Waals surface area contributed by atoms with Crippen LogP contribution in [0.15, 0.2) is 54.9 Å². The predicted octanol–water partition coefficient (Wildman–Crippen LogP) is 2.64. The Labute approximate surface area is 201 Å². The first-order chi connectivity index (χ1) is 17.1. The number of hydrogen-bond acceptors (Lipinski definition) is 8. The van der Waals surface area contributed by atoms with Crippen molar-refractivity contribution in [1.29, 1.82) is 0 Å². The van der Waals surface area contributed by atoms with Crippen molar-refractivity contribution in [2.24, 2.45) is 0 Å². The van der Waals surface area contributed by atoms with Gasteiger partial charge in [-0.15, -0.1) is 0 Å². The van der Waals surface area contributed by atoms with E-state index in [4.69, 9.17) is 9.97 Å². The Bertz CT molecular complexity index is 1390. The van der Waals surface area contributed by atoms with Crippen molar-refractivity contribution in [3.05, 3.63) is 60.4 Å².